The fraction of sp³-hybridized carbons (Fsp3) is 0.938. The topological polar surface area (TPSA) is 41.1 Å². The lowest BCUT2D eigenvalue weighted by Crippen LogP contribution is -2.51. The molecule has 19 heavy (non-hydrogen) atoms. The fourth-order valence-corrected chi connectivity index (χ4v) is 3.58. The van der Waals surface area contributed by atoms with Crippen molar-refractivity contribution >= 4 is 5.91 Å². The third-order valence-corrected chi connectivity index (χ3v) is 5.18. The first-order valence-corrected chi connectivity index (χ1v) is 8.26. The number of hydrogen-bond donors (Lipinski definition) is 2. The summed E-state index contributed by atoms with van der Waals surface area (Å²) in [6.07, 6.45) is 9.67. The van der Waals surface area contributed by atoms with Gasteiger partial charge in [0.25, 0.3) is 0 Å². The maximum atomic E-state index is 12.3. The van der Waals surface area contributed by atoms with Gasteiger partial charge in [0.1, 0.15) is 0 Å². The molecule has 1 saturated carbocycles. The maximum Gasteiger partial charge on any atom is 0.237 e. The summed E-state index contributed by atoms with van der Waals surface area (Å²) in [5.41, 5.74) is 0. The molecule has 2 atom stereocenters. The molecule has 2 fully saturated rings. The van der Waals surface area contributed by atoms with Crippen molar-refractivity contribution in [3.8, 4) is 0 Å². The zero-order valence-corrected chi connectivity index (χ0v) is 12.6. The lowest BCUT2D eigenvalue weighted by atomic mass is 9.84. The van der Waals surface area contributed by atoms with E-state index in [0.29, 0.717) is 6.04 Å². The van der Waals surface area contributed by atoms with Gasteiger partial charge in [-0.25, -0.2) is 0 Å². The highest BCUT2D eigenvalue weighted by atomic mass is 16.2. The first-order valence-electron chi connectivity index (χ1n) is 8.26. The number of nitrogens with one attached hydrogen (secondary N) is 2. The smallest absolute Gasteiger partial charge is 0.237 e. The summed E-state index contributed by atoms with van der Waals surface area (Å²) in [6.45, 7) is 5.51. The largest absolute Gasteiger partial charge is 0.352 e. The SMILES string of the molecule is CCC1CCC(NC(=O)C2CC(CC)CCN2)CC1. The highest BCUT2D eigenvalue weighted by molar-refractivity contribution is 5.82. The van der Waals surface area contributed by atoms with Crippen LogP contribution in [0.4, 0.5) is 0 Å². The van der Waals surface area contributed by atoms with Gasteiger partial charge in [0.2, 0.25) is 5.91 Å². The van der Waals surface area contributed by atoms with Crippen LogP contribution >= 0.6 is 0 Å². The van der Waals surface area contributed by atoms with Gasteiger partial charge in [0, 0.05) is 6.04 Å². The second kappa shape index (κ2) is 7.28. The van der Waals surface area contributed by atoms with Gasteiger partial charge < -0.3 is 10.6 Å². The average molecular weight is 266 g/mol. The van der Waals surface area contributed by atoms with Crippen LogP contribution in [0.15, 0.2) is 0 Å². The van der Waals surface area contributed by atoms with Gasteiger partial charge in [-0.1, -0.05) is 26.7 Å². The van der Waals surface area contributed by atoms with Crippen molar-refractivity contribution in [2.45, 2.75) is 77.3 Å². The Labute approximate surface area is 117 Å². The quantitative estimate of drug-likeness (QED) is 0.821. The molecule has 0 spiro atoms. The second-order valence-electron chi connectivity index (χ2n) is 6.44. The van der Waals surface area contributed by atoms with Gasteiger partial charge in [0.05, 0.1) is 6.04 Å². The minimum absolute atomic E-state index is 0.0580. The molecule has 0 aromatic carbocycles. The molecule has 3 heteroatoms. The first-order chi connectivity index (χ1) is 9.22. The van der Waals surface area contributed by atoms with Gasteiger partial charge in [-0.3, -0.25) is 4.79 Å². The molecule has 2 unspecified atom stereocenters. The van der Waals surface area contributed by atoms with Crippen molar-refractivity contribution in [2.24, 2.45) is 11.8 Å². The third-order valence-electron chi connectivity index (χ3n) is 5.18. The number of piperidine rings is 1. The minimum Gasteiger partial charge on any atom is -0.352 e. The summed E-state index contributed by atoms with van der Waals surface area (Å²) < 4.78 is 0. The molecule has 2 aliphatic rings. The van der Waals surface area contributed by atoms with E-state index in [9.17, 15) is 4.79 Å². The number of hydrogen-bond acceptors (Lipinski definition) is 2. The van der Waals surface area contributed by atoms with E-state index in [1.54, 1.807) is 0 Å². The van der Waals surface area contributed by atoms with Crippen molar-refractivity contribution in [3.63, 3.8) is 0 Å². The van der Waals surface area contributed by atoms with Gasteiger partial charge in [-0.15, -0.1) is 0 Å². The Kier molecular flexibility index (Phi) is 5.68. The Balaban J connectivity index is 1.75. The maximum absolute atomic E-state index is 12.3. The van der Waals surface area contributed by atoms with E-state index in [1.165, 1.54) is 44.9 Å². The van der Waals surface area contributed by atoms with E-state index in [4.69, 9.17) is 0 Å². The van der Waals surface area contributed by atoms with Crippen molar-refractivity contribution in [3.05, 3.63) is 0 Å². The zero-order valence-electron chi connectivity index (χ0n) is 12.6. The van der Waals surface area contributed by atoms with Crippen molar-refractivity contribution < 1.29 is 4.79 Å². The average Bonchev–Trinajstić information content (AvgIpc) is 2.48. The van der Waals surface area contributed by atoms with Crippen LogP contribution < -0.4 is 10.6 Å². The van der Waals surface area contributed by atoms with E-state index >= 15 is 0 Å². The van der Waals surface area contributed by atoms with E-state index < -0.39 is 0 Å². The van der Waals surface area contributed by atoms with Crippen molar-refractivity contribution in [2.75, 3.05) is 6.54 Å². The normalized spacial score (nSPS) is 35.9. The highest BCUT2D eigenvalue weighted by Gasteiger charge is 2.28. The lowest BCUT2D eigenvalue weighted by Gasteiger charge is -2.32. The predicted octanol–water partition coefficient (Wildman–Crippen LogP) is 2.85. The lowest BCUT2D eigenvalue weighted by molar-refractivity contribution is -0.125. The summed E-state index contributed by atoms with van der Waals surface area (Å²) in [6, 6.07) is 0.488. The molecule has 0 aromatic rings. The second-order valence-corrected chi connectivity index (χ2v) is 6.44. The van der Waals surface area contributed by atoms with Gasteiger partial charge in [-0.2, -0.15) is 0 Å². The molecule has 1 saturated heterocycles. The predicted molar refractivity (Wildman–Crippen MR) is 79.0 cm³/mol. The summed E-state index contributed by atoms with van der Waals surface area (Å²) in [7, 11) is 0. The minimum atomic E-state index is 0.0580. The molecule has 2 N–H and O–H groups in total. The van der Waals surface area contributed by atoms with E-state index in [-0.39, 0.29) is 11.9 Å². The van der Waals surface area contributed by atoms with E-state index in [0.717, 1.165) is 24.8 Å². The van der Waals surface area contributed by atoms with E-state index in [2.05, 4.69) is 24.5 Å². The van der Waals surface area contributed by atoms with Crippen LogP contribution in [0.5, 0.6) is 0 Å². The summed E-state index contributed by atoms with van der Waals surface area (Å²) in [5.74, 6) is 1.87. The molecule has 1 amide bonds. The summed E-state index contributed by atoms with van der Waals surface area (Å²) in [5, 5.41) is 6.66. The molecule has 1 heterocycles. The number of carbonyl (C=O) groups is 1. The third kappa shape index (κ3) is 4.20. The molecular weight excluding hydrogens is 236 g/mol. The molecule has 0 aromatic heterocycles. The van der Waals surface area contributed by atoms with E-state index in [1.807, 2.05) is 0 Å². The van der Waals surface area contributed by atoms with Gasteiger partial charge in [-0.05, 0) is 56.9 Å². The Bertz CT molecular complexity index is 284. The first kappa shape index (κ1) is 14.8. The zero-order chi connectivity index (χ0) is 13.7. The van der Waals surface area contributed by atoms with Crippen LogP contribution in [0.1, 0.15) is 65.2 Å². The molecule has 110 valence electrons. The van der Waals surface area contributed by atoms with Crippen molar-refractivity contribution in [1.29, 1.82) is 0 Å². The van der Waals surface area contributed by atoms with Crippen LogP contribution in [-0.4, -0.2) is 24.5 Å². The fourth-order valence-electron chi connectivity index (χ4n) is 3.58. The molecule has 0 radical (unpaired) electrons. The standard InChI is InChI=1S/C16H30N2O/c1-3-12-5-7-14(8-6-12)18-16(19)15-11-13(4-2)9-10-17-15/h12-15,17H,3-11H2,1-2H3,(H,18,19). The number of rotatable bonds is 4. The van der Waals surface area contributed by atoms with Crippen LogP contribution in [0, 0.1) is 11.8 Å². The molecule has 0 bridgehead atoms. The highest BCUT2D eigenvalue weighted by Crippen LogP contribution is 2.27. The molecule has 2 rings (SSSR count). The van der Waals surface area contributed by atoms with Gasteiger partial charge in [0.15, 0.2) is 0 Å². The summed E-state index contributed by atoms with van der Waals surface area (Å²) >= 11 is 0. The molecule has 3 nitrogen and oxygen atoms in total. The van der Waals surface area contributed by atoms with Crippen molar-refractivity contribution in [1.82, 2.24) is 10.6 Å². The molecular formula is C16H30N2O. The number of carbonyl (C=O) groups excluding carboxylic acids is 1. The van der Waals surface area contributed by atoms with Crippen LogP contribution in [0.3, 0.4) is 0 Å². The van der Waals surface area contributed by atoms with Crippen LogP contribution in [0.2, 0.25) is 0 Å². The Morgan fingerprint density at radius 3 is 2.37 bits per heavy atom. The summed E-state index contributed by atoms with van der Waals surface area (Å²) in [4.78, 5) is 12.3. The molecule has 1 aliphatic heterocycles. The Hall–Kier alpha value is -0.570. The monoisotopic (exact) mass is 266 g/mol. The van der Waals surface area contributed by atoms with Crippen LogP contribution in [0.25, 0.3) is 0 Å². The van der Waals surface area contributed by atoms with Crippen LogP contribution in [-0.2, 0) is 4.79 Å². The Morgan fingerprint density at radius 1 is 1.05 bits per heavy atom. The molecule has 1 aliphatic carbocycles. The van der Waals surface area contributed by atoms with Gasteiger partial charge >= 0.3 is 0 Å². The Morgan fingerprint density at radius 2 is 1.74 bits per heavy atom. The number of amides is 1.